The highest BCUT2D eigenvalue weighted by atomic mass is 16.3. The predicted octanol–water partition coefficient (Wildman–Crippen LogP) is 7.20. The van der Waals surface area contributed by atoms with Crippen LogP contribution in [0, 0.1) is 6.92 Å². The lowest BCUT2D eigenvalue weighted by atomic mass is 9.92. The first-order valence-corrected chi connectivity index (χ1v) is 11.0. The lowest BCUT2D eigenvalue weighted by Gasteiger charge is -2.12. The molecular weight excluding hydrogens is 366 g/mol. The third kappa shape index (κ3) is 2.53. The van der Waals surface area contributed by atoms with E-state index in [1.807, 2.05) is 0 Å². The van der Waals surface area contributed by atoms with Crippen molar-refractivity contribution in [1.29, 1.82) is 0 Å². The molecule has 0 aliphatic heterocycles. The van der Waals surface area contributed by atoms with Gasteiger partial charge in [0.25, 0.3) is 0 Å². The minimum Gasteiger partial charge on any atom is -0.455 e. The fraction of sp³-hybridized carbons (Fsp3) is 0.250. The van der Waals surface area contributed by atoms with Gasteiger partial charge in [0.15, 0.2) is 6.20 Å². The van der Waals surface area contributed by atoms with Crippen LogP contribution in [0.25, 0.3) is 44.0 Å². The highest BCUT2D eigenvalue weighted by Crippen LogP contribution is 2.43. The van der Waals surface area contributed by atoms with Gasteiger partial charge >= 0.3 is 0 Å². The Morgan fingerprint density at radius 1 is 0.833 bits per heavy atom. The van der Waals surface area contributed by atoms with Crippen LogP contribution in [-0.4, -0.2) is 0 Å². The number of furan rings is 1. The maximum Gasteiger partial charge on any atom is 0.216 e. The average molecular weight is 393 g/mol. The Labute approximate surface area is 176 Å². The van der Waals surface area contributed by atoms with E-state index in [-0.39, 0.29) is 0 Å². The maximum absolute atomic E-state index is 6.50. The van der Waals surface area contributed by atoms with Crippen LogP contribution < -0.4 is 4.57 Å². The smallest absolute Gasteiger partial charge is 0.216 e. The highest BCUT2D eigenvalue weighted by Gasteiger charge is 2.25. The minimum absolute atomic E-state index is 0.717. The van der Waals surface area contributed by atoms with E-state index in [4.69, 9.17) is 4.42 Å². The normalized spacial score (nSPS) is 15.0. The molecule has 1 aliphatic carbocycles. The number of benzene rings is 3. The van der Waals surface area contributed by atoms with E-state index in [2.05, 4.69) is 85.4 Å². The molecule has 5 aromatic rings. The second-order valence-corrected chi connectivity index (χ2v) is 8.79. The first-order chi connectivity index (χ1) is 14.7. The van der Waals surface area contributed by atoms with Crippen molar-refractivity contribution in [2.75, 3.05) is 0 Å². The van der Waals surface area contributed by atoms with Crippen LogP contribution >= 0.6 is 0 Å². The first-order valence-electron chi connectivity index (χ1n) is 11.0. The number of fused-ring (bicyclic) bond motifs is 5. The average Bonchev–Trinajstić information content (AvgIpc) is 3.43. The van der Waals surface area contributed by atoms with Crippen molar-refractivity contribution in [2.24, 2.45) is 7.05 Å². The van der Waals surface area contributed by atoms with Crippen LogP contribution in [0.3, 0.4) is 0 Å². The van der Waals surface area contributed by atoms with Crippen molar-refractivity contribution in [2.45, 2.75) is 38.5 Å². The molecule has 2 heterocycles. The van der Waals surface area contributed by atoms with Crippen molar-refractivity contribution in [1.82, 2.24) is 0 Å². The SMILES string of the molecule is Cc1c(-c2ccc(C3CCCC3)c[n+]2C)c2oc3ccccc3c2c2ccccc12. The molecular formula is C28H26NO+. The van der Waals surface area contributed by atoms with Crippen LogP contribution in [0.2, 0.25) is 0 Å². The number of nitrogens with zero attached hydrogens (tertiary/aromatic N) is 1. The number of aromatic nitrogens is 1. The van der Waals surface area contributed by atoms with E-state index in [1.165, 1.54) is 69.6 Å². The highest BCUT2D eigenvalue weighted by molar-refractivity contribution is 6.23. The van der Waals surface area contributed by atoms with Crippen LogP contribution in [0.15, 0.2) is 71.3 Å². The number of pyridine rings is 1. The number of rotatable bonds is 2. The molecule has 0 saturated heterocycles. The second kappa shape index (κ2) is 6.70. The van der Waals surface area contributed by atoms with Gasteiger partial charge in [0, 0.05) is 22.4 Å². The van der Waals surface area contributed by atoms with E-state index in [0.29, 0.717) is 5.92 Å². The molecule has 2 aromatic heterocycles. The van der Waals surface area contributed by atoms with Gasteiger partial charge in [-0.1, -0.05) is 55.3 Å². The van der Waals surface area contributed by atoms with Gasteiger partial charge in [-0.2, -0.15) is 0 Å². The summed E-state index contributed by atoms with van der Waals surface area (Å²) < 4.78 is 8.80. The van der Waals surface area contributed by atoms with E-state index >= 15 is 0 Å². The molecule has 0 N–H and O–H groups in total. The van der Waals surface area contributed by atoms with E-state index in [9.17, 15) is 0 Å². The molecule has 2 heteroatoms. The standard InChI is InChI=1S/C28H26NO/c1-18-21-11-5-6-12-22(21)27-23-13-7-8-14-25(23)30-28(27)26(18)24-16-15-20(17-29(24)2)19-9-3-4-10-19/h5-8,11-17,19H,3-4,9-10H2,1-2H3/q+1. The molecule has 1 saturated carbocycles. The third-order valence-corrected chi connectivity index (χ3v) is 7.04. The molecule has 1 aliphatic rings. The van der Waals surface area contributed by atoms with Crippen molar-refractivity contribution in [3.05, 3.63) is 78.0 Å². The van der Waals surface area contributed by atoms with Crippen molar-refractivity contribution in [3.63, 3.8) is 0 Å². The second-order valence-electron chi connectivity index (χ2n) is 8.79. The van der Waals surface area contributed by atoms with Gasteiger partial charge in [-0.3, -0.25) is 0 Å². The number of hydrogen-bond donors (Lipinski definition) is 0. The number of aryl methyl sites for hydroxylation is 2. The lowest BCUT2D eigenvalue weighted by Crippen LogP contribution is -2.31. The summed E-state index contributed by atoms with van der Waals surface area (Å²) in [7, 11) is 2.18. The number of hydrogen-bond acceptors (Lipinski definition) is 1. The predicted molar refractivity (Wildman–Crippen MR) is 124 cm³/mol. The van der Waals surface area contributed by atoms with Gasteiger partial charge in [-0.05, 0) is 54.2 Å². The molecule has 0 amide bonds. The monoisotopic (exact) mass is 392 g/mol. The van der Waals surface area contributed by atoms with Crippen LogP contribution in [-0.2, 0) is 7.05 Å². The lowest BCUT2D eigenvalue weighted by molar-refractivity contribution is -0.660. The largest absolute Gasteiger partial charge is 0.455 e. The zero-order valence-electron chi connectivity index (χ0n) is 17.6. The molecule has 2 nitrogen and oxygen atoms in total. The van der Waals surface area contributed by atoms with Gasteiger partial charge in [-0.15, -0.1) is 0 Å². The Balaban J connectivity index is 1.69. The van der Waals surface area contributed by atoms with E-state index in [1.54, 1.807) is 0 Å². The summed E-state index contributed by atoms with van der Waals surface area (Å²) in [6.45, 7) is 2.23. The van der Waals surface area contributed by atoms with Gasteiger partial charge in [-0.25, -0.2) is 4.57 Å². The summed E-state index contributed by atoms with van der Waals surface area (Å²) in [4.78, 5) is 0. The fourth-order valence-corrected chi connectivity index (χ4v) is 5.52. The summed E-state index contributed by atoms with van der Waals surface area (Å²) in [5.41, 5.74) is 7.12. The van der Waals surface area contributed by atoms with Crippen molar-refractivity contribution in [3.8, 4) is 11.3 Å². The van der Waals surface area contributed by atoms with Gasteiger partial charge in [0.05, 0.1) is 5.56 Å². The first kappa shape index (κ1) is 17.7. The molecule has 0 unspecified atom stereocenters. The summed E-state index contributed by atoms with van der Waals surface area (Å²) in [6.07, 6.45) is 7.71. The third-order valence-electron chi connectivity index (χ3n) is 7.04. The zero-order chi connectivity index (χ0) is 20.2. The fourth-order valence-electron chi connectivity index (χ4n) is 5.52. The molecule has 148 valence electrons. The molecule has 0 atom stereocenters. The summed E-state index contributed by atoms with van der Waals surface area (Å²) in [6, 6.07) is 21.8. The van der Waals surface area contributed by atoms with Gasteiger partial charge < -0.3 is 4.42 Å². The Kier molecular flexibility index (Phi) is 3.95. The van der Waals surface area contributed by atoms with Crippen LogP contribution in [0.1, 0.15) is 42.7 Å². The van der Waals surface area contributed by atoms with Crippen LogP contribution in [0.5, 0.6) is 0 Å². The summed E-state index contributed by atoms with van der Waals surface area (Å²) in [5, 5.41) is 4.98. The molecule has 0 radical (unpaired) electrons. The Hall–Kier alpha value is -3.13. The molecule has 0 spiro atoms. The number of para-hydroxylation sites is 1. The van der Waals surface area contributed by atoms with Gasteiger partial charge in [0.2, 0.25) is 5.69 Å². The molecule has 0 bridgehead atoms. The zero-order valence-corrected chi connectivity index (χ0v) is 17.6. The van der Waals surface area contributed by atoms with Crippen molar-refractivity contribution >= 4 is 32.7 Å². The maximum atomic E-state index is 6.50. The molecule has 6 rings (SSSR count). The minimum atomic E-state index is 0.717. The van der Waals surface area contributed by atoms with E-state index < -0.39 is 0 Å². The molecule has 30 heavy (non-hydrogen) atoms. The molecule has 1 fully saturated rings. The summed E-state index contributed by atoms with van der Waals surface area (Å²) in [5.74, 6) is 0.717. The Bertz CT molecular complexity index is 1420. The summed E-state index contributed by atoms with van der Waals surface area (Å²) >= 11 is 0. The van der Waals surface area contributed by atoms with Crippen molar-refractivity contribution < 1.29 is 8.98 Å². The van der Waals surface area contributed by atoms with E-state index in [0.717, 1.165) is 11.2 Å². The van der Waals surface area contributed by atoms with Gasteiger partial charge in [0.1, 0.15) is 18.2 Å². The molecule has 3 aromatic carbocycles. The van der Waals surface area contributed by atoms with Crippen LogP contribution in [0.4, 0.5) is 0 Å². The Morgan fingerprint density at radius 2 is 1.53 bits per heavy atom. The quantitative estimate of drug-likeness (QED) is 0.290. The Morgan fingerprint density at radius 3 is 2.30 bits per heavy atom. The topological polar surface area (TPSA) is 17.0 Å².